The summed E-state index contributed by atoms with van der Waals surface area (Å²) < 4.78 is 4.59. The van der Waals surface area contributed by atoms with Crippen LogP contribution >= 0.6 is 0 Å². The summed E-state index contributed by atoms with van der Waals surface area (Å²) in [6.07, 6.45) is 1.15. The van der Waals surface area contributed by atoms with Crippen LogP contribution in [0.3, 0.4) is 0 Å². The van der Waals surface area contributed by atoms with Gasteiger partial charge >= 0.3 is 5.97 Å². The molecule has 0 atom stereocenters. The van der Waals surface area contributed by atoms with Gasteiger partial charge in [-0.15, -0.1) is 0 Å². The first-order valence-corrected chi connectivity index (χ1v) is 6.78. The summed E-state index contributed by atoms with van der Waals surface area (Å²) in [6.45, 7) is 7.59. The Morgan fingerprint density at radius 1 is 1.24 bits per heavy atom. The molecular formula is C16H22N2O3. The lowest BCUT2D eigenvalue weighted by molar-refractivity contribution is -0.135. The largest absolute Gasteiger partial charge is 0.466 e. The second kappa shape index (κ2) is 7.47. The topological polar surface area (TPSA) is 67.4 Å². The van der Waals surface area contributed by atoms with Crippen molar-refractivity contribution in [2.24, 2.45) is 0 Å². The number of methoxy groups -OCH3 is 1. The van der Waals surface area contributed by atoms with E-state index in [0.717, 1.165) is 22.9 Å². The smallest absolute Gasteiger partial charge is 0.332 e. The second-order valence-corrected chi connectivity index (χ2v) is 5.15. The molecular weight excluding hydrogens is 268 g/mol. The van der Waals surface area contributed by atoms with E-state index < -0.39 is 5.97 Å². The van der Waals surface area contributed by atoms with Crippen molar-refractivity contribution < 1.29 is 14.3 Å². The molecule has 0 heterocycles. The average molecular weight is 290 g/mol. The monoisotopic (exact) mass is 290 g/mol. The standard InChI is InChI=1S/C16H22N2O3/c1-10(2)17-16(20)14(9-15(19)21-5)18-13-8-11(3)6-7-12(13)4/h6-10,18H,1-5H3,(H,17,20)/b14-9-. The minimum absolute atomic E-state index is 0.0287. The summed E-state index contributed by atoms with van der Waals surface area (Å²) in [5, 5.41) is 5.76. The summed E-state index contributed by atoms with van der Waals surface area (Å²) in [6, 6.07) is 5.83. The molecule has 1 amide bonds. The number of hydrogen-bond acceptors (Lipinski definition) is 4. The Hall–Kier alpha value is -2.30. The van der Waals surface area contributed by atoms with Gasteiger partial charge in [0, 0.05) is 11.7 Å². The van der Waals surface area contributed by atoms with Gasteiger partial charge < -0.3 is 15.4 Å². The molecule has 2 N–H and O–H groups in total. The molecule has 0 aliphatic rings. The molecule has 5 nitrogen and oxygen atoms in total. The minimum atomic E-state index is -0.582. The van der Waals surface area contributed by atoms with Crippen LogP contribution in [0.4, 0.5) is 5.69 Å². The first-order valence-electron chi connectivity index (χ1n) is 6.78. The minimum Gasteiger partial charge on any atom is -0.466 e. The van der Waals surface area contributed by atoms with Crippen molar-refractivity contribution in [1.29, 1.82) is 0 Å². The molecule has 0 aliphatic carbocycles. The van der Waals surface area contributed by atoms with E-state index in [1.165, 1.54) is 7.11 Å². The van der Waals surface area contributed by atoms with Crippen molar-refractivity contribution in [3.05, 3.63) is 41.1 Å². The maximum Gasteiger partial charge on any atom is 0.332 e. The molecule has 1 aromatic rings. The van der Waals surface area contributed by atoms with Crippen LogP contribution in [0.5, 0.6) is 0 Å². The second-order valence-electron chi connectivity index (χ2n) is 5.15. The third-order valence-corrected chi connectivity index (χ3v) is 2.79. The van der Waals surface area contributed by atoms with Crippen molar-refractivity contribution in [2.45, 2.75) is 33.7 Å². The van der Waals surface area contributed by atoms with Crippen molar-refractivity contribution in [3.8, 4) is 0 Å². The van der Waals surface area contributed by atoms with E-state index in [-0.39, 0.29) is 17.6 Å². The Labute approximate surface area is 125 Å². The van der Waals surface area contributed by atoms with Gasteiger partial charge in [0.05, 0.1) is 13.2 Å². The van der Waals surface area contributed by atoms with Gasteiger partial charge in [-0.3, -0.25) is 4.79 Å². The predicted octanol–water partition coefficient (Wildman–Crippen LogP) is 2.30. The molecule has 0 unspecified atom stereocenters. The quantitative estimate of drug-likeness (QED) is 0.645. The lowest BCUT2D eigenvalue weighted by Gasteiger charge is -2.15. The van der Waals surface area contributed by atoms with Gasteiger partial charge in [-0.2, -0.15) is 0 Å². The van der Waals surface area contributed by atoms with Crippen LogP contribution in [0.25, 0.3) is 0 Å². The number of anilines is 1. The molecule has 0 radical (unpaired) electrons. The Morgan fingerprint density at radius 3 is 2.48 bits per heavy atom. The third-order valence-electron chi connectivity index (χ3n) is 2.79. The summed E-state index contributed by atoms with van der Waals surface area (Å²) >= 11 is 0. The fourth-order valence-electron chi connectivity index (χ4n) is 1.69. The number of nitrogens with one attached hydrogen (secondary N) is 2. The number of hydrogen-bond donors (Lipinski definition) is 2. The van der Waals surface area contributed by atoms with E-state index in [4.69, 9.17) is 0 Å². The number of ether oxygens (including phenoxy) is 1. The lowest BCUT2D eigenvalue weighted by atomic mass is 10.1. The first kappa shape index (κ1) is 16.8. The van der Waals surface area contributed by atoms with Crippen LogP contribution in [-0.2, 0) is 14.3 Å². The van der Waals surface area contributed by atoms with Gasteiger partial charge in [0.2, 0.25) is 0 Å². The van der Waals surface area contributed by atoms with E-state index >= 15 is 0 Å². The van der Waals surface area contributed by atoms with Crippen molar-refractivity contribution in [2.75, 3.05) is 12.4 Å². The maximum atomic E-state index is 12.2. The van der Waals surface area contributed by atoms with Crippen LogP contribution in [0.1, 0.15) is 25.0 Å². The molecule has 21 heavy (non-hydrogen) atoms. The third kappa shape index (κ3) is 5.30. The maximum absolute atomic E-state index is 12.2. The zero-order chi connectivity index (χ0) is 16.0. The molecule has 1 aromatic carbocycles. The highest BCUT2D eigenvalue weighted by atomic mass is 16.5. The number of amides is 1. The summed E-state index contributed by atoms with van der Waals surface area (Å²) in [5.74, 6) is -0.932. The molecule has 0 aliphatic heterocycles. The van der Waals surface area contributed by atoms with Crippen molar-refractivity contribution in [3.63, 3.8) is 0 Å². The summed E-state index contributed by atoms with van der Waals surface area (Å²) in [4.78, 5) is 23.6. The van der Waals surface area contributed by atoms with Gasteiger partial charge in [0.25, 0.3) is 5.91 Å². The summed E-state index contributed by atoms with van der Waals surface area (Å²) in [7, 11) is 1.27. The normalized spacial score (nSPS) is 11.2. The van der Waals surface area contributed by atoms with E-state index in [1.807, 2.05) is 45.9 Å². The van der Waals surface area contributed by atoms with Crippen molar-refractivity contribution >= 4 is 17.6 Å². The molecule has 1 rings (SSSR count). The van der Waals surface area contributed by atoms with Gasteiger partial charge in [0.15, 0.2) is 0 Å². The highest BCUT2D eigenvalue weighted by Crippen LogP contribution is 2.18. The van der Waals surface area contributed by atoms with E-state index in [1.54, 1.807) is 0 Å². The summed E-state index contributed by atoms with van der Waals surface area (Å²) in [5.41, 5.74) is 2.98. The SMILES string of the molecule is COC(=O)/C=C(\Nc1cc(C)ccc1C)C(=O)NC(C)C. The molecule has 0 saturated carbocycles. The van der Waals surface area contributed by atoms with Crippen LogP contribution in [0, 0.1) is 13.8 Å². The molecule has 0 fully saturated rings. The molecule has 114 valence electrons. The molecule has 0 aromatic heterocycles. The van der Waals surface area contributed by atoms with Crippen LogP contribution in [0.2, 0.25) is 0 Å². The van der Waals surface area contributed by atoms with Gasteiger partial charge in [-0.05, 0) is 44.9 Å². The highest BCUT2D eigenvalue weighted by Gasteiger charge is 2.14. The highest BCUT2D eigenvalue weighted by molar-refractivity contribution is 6.02. The van der Waals surface area contributed by atoms with Gasteiger partial charge in [-0.25, -0.2) is 4.79 Å². The van der Waals surface area contributed by atoms with Gasteiger partial charge in [-0.1, -0.05) is 12.1 Å². The Kier molecular flexibility index (Phi) is 5.96. The average Bonchev–Trinajstić information content (AvgIpc) is 2.41. The Morgan fingerprint density at radius 2 is 1.90 bits per heavy atom. The molecule has 0 saturated heterocycles. The number of rotatable bonds is 5. The van der Waals surface area contributed by atoms with Crippen LogP contribution in [-0.4, -0.2) is 25.0 Å². The van der Waals surface area contributed by atoms with Crippen LogP contribution < -0.4 is 10.6 Å². The first-order chi connectivity index (χ1) is 9.83. The van der Waals surface area contributed by atoms with Crippen molar-refractivity contribution in [1.82, 2.24) is 5.32 Å². The van der Waals surface area contributed by atoms with Gasteiger partial charge in [0.1, 0.15) is 5.70 Å². The zero-order valence-electron chi connectivity index (χ0n) is 13.1. The lowest BCUT2D eigenvalue weighted by Crippen LogP contribution is -2.34. The van der Waals surface area contributed by atoms with E-state index in [0.29, 0.717) is 0 Å². The fourth-order valence-corrected chi connectivity index (χ4v) is 1.69. The number of esters is 1. The Balaban J connectivity index is 3.07. The van der Waals surface area contributed by atoms with Crippen LogP contribution in [0.15, 0.2) is 30.0 Å². The molecule has 0 bridgehead atoms. The van der Waals surface area contributed by atoms with E-state index in [2.05, 4.69) is 15.4 Å². The number of carbonyl (C=O) groups is 2. The predicted molar refractivity (Wildman–Crippen MR) is 82.9 cm³/mol. The fraction of sp³-hybridized carbons (Fsp3) is 0.375. The molecule has 0 spiro atoms. The number of aryl methyl sites for hydroxylation is 2. The molecule has 5 heteroatoms. The number of carbonyl (C=O) groups excluding carboxylic acids is 2. The Bertz CT molecular complexity index is 563. The van der Waals surface area contributed by atoms with E-state index in [9.17, 15) is 9.59 Å². The zero-order valence-corrected chi connectivity index (χ0v) is 13.1. The number of benzene rings is 1.